The maximum absolute atomic E-state index is 14.7. The third-order valence-electron chi connectivity index (χ3n) is 10.4. The van der Waals surface area contributed by atoms with Crippen molar-refractivity contribution >= 4 is 52.7 Å². The van der Waals surface area contributed by atoms with Crippen molar-refractivity contribution in [3.05, 3.63) is 52.5 Å². The molecule has 0 unspecified atom stereocenters. The SMILES string of the molecule is COC(=O)C[C@H](NC(=O)[C@@H](NC(=O)[C@@H](NC(=NCC(=O)O)[C@@H](NC(=O)[C@@H](NC(=O)[C@H]1NCC[C@H]1C)C(C)C)C(C)(C)C)C(C)(C)C)[C@@H](C)c1ccccc1)c1nccs1. The maximum atomic E-state index is 14.7. The van der Waals surface area contributed by atoms with Crippen molar-refractivity contribution in [1.29, 1.82) is 0 Å². The molecule has 1 fully saturated rings. The number of aliphatic carboxylic acids is 1. The van der Waals surface area contributed by atoms with Gasteiger partial charge in [0.25, 0.3) is 0 Å². The van der Waals surface area contributed by atoms with Crippen LogP contribution >= 0.6 is 11.3 Å². The summed E-state index contributed by atoms with van der Waals surface area (Å²) in [5.41, 5.74) is -0.900. The predicted molar refractivity (Wildman–Crippen MR) is 226 cm³/mol. The molecule has 1 aliphatic rings. The van der Waals surface area contributed by atoms with Crippen molar-refractivity contribution in [2.45, 2.75) is 124 Å². The molecule has 2 aromatic rings. The van der Waals surface area contributed by atoms with Crippen LogP contribution in [0.3, 0.4) is 0 Å². The molecule has 1 saturated heterocycles. The van der Waals surface area contributed by atoms with Gasteiger partial charge in [0.2, 0.25) is 23.6 Å². The van der Waals surface area contributed by atoms with Gasteiger partial charge >= 0.3 is 11.9 Å². The molecule has 0 spiro atoms. The lowest BCUT2D eigenvalue weighted by molar-refractivity contribution is -0.142. The molecule has 1 aliphatic heterocycles. The summed E-state index contributed by atoms with van der Waals surface area (Å²) in [4.78, 5) is 89.5. The number of carbonyl (C=O) groups is 6. The van der Waals surface area contributed by atoms with Crippen molar-refractivity contribution in [2.75, 3.05) is 20.2 Å². The number of ether oxygens (including phenoxy) is 1. The number of esters is 1. The molecule has 1 aromatic heterocycles. The molecular weight excluding hydrogens is 777 g/mol. The molecule has 4 amide bonds. The van der Waals surface area contributed by atoms with Gasteiger partial charge in [-0.3, -0.25) is 33.8 Å². The number of amidine groups is 1. The molecule has 7 N–H and O–H groups in total. The number of aromatic nitrogens is 1. The highest BCUT2D eigenvalue weighted by Crippen LogP contribution is 2.27. The molecule has 3 rings (SSSR count). The minimum absolute atomic E-state index is 0.0299. The maximum Gasteiger partial charge on any atom is 0.325 e. The Morgan fingerprint density at radius 2 is 1.51 bits per heavy atom. The van der Waals surface area contributed by atoms with Crippen molar-refractivity contribution in [2.24, 2.45) is 27.7 Å². The number of methoxy groups -OCH3 is 1. The Kier molecular flexibility index (Phi) is 17.6. The summed E-state index contributed by atoms with van der Waals surface area (Å²) < 4.78 is 4.89. The standard InChI is InChI=1S/C42H64N8O8S/c1-23(2)30(47-37(55)31-24(3)17-18-43-31)36(54)50-33(41(5,6)7)35(45-22-28(51)52)49-34(42(8,9)10)39(57)48-32(25(4)26-15-13-12-14-16-26)38(56)46-27(21-29(53)58-11)40-44-19-20-59-40/h12-16,19-20,23-25,27,30-34,43H,17-18,21-22H2,1-11H3,(H,45,49)(H,46,56)(H,47,55)(H,48,57)(H,50,54)(H,51,52)/t24-,25+,27+,30+,31+,32+,33-,34-/m1/s1. The number of thiazole rings is 1. The highest BCUT2D eigenvalue weighted by molar-refractivity contribution is 7.09. The van der Waals surface area contributed by atoms with Crippen LogP contribution in [0.15, 0.2) is 46.9 Å². The van der Waals surface area contributed by atoms with Crippen LogP contribution in [0.5, 0.6) is 0 Å². The van der Waals surface area contributed by atoms with Crippen molar-refractivity contribution < 1.29 is 38.6 Å². The van der Waals surface area contributed by atoms with E-state index in [-0.39, 0.29) is 30.0 Å². The second-order valence-corrected chi connectivity index (χ2v) is 18.6. The van der Waals surface area contributed by atoms with E-state index < -0.39 is 89.2 Å². The number of carboxylic acids is 1. The summed E-state index contributed by atoms with van der Waals surface area (Å²) in [7, 11) is 1.25. The van der Waals surface area contributed by atoms with Crippen LogP contribution in [0, 0.1) is 22.7 Å². The van der Waals surface area contributed by atoms with Crippen molar-refractivity contribution in [3.8, 4) is 0 Å². The zero-order chi connectivity index (χ0) is 44.2. The molecule has 2 heterocycles. The molecule has 59 heavy (non-hydrogen) atoms. The van der Waals surface area contributed by atoms with Gasteiger partial charge in [0.05, 0.1) is 31.7 Å². The van der Waals surface area contributed by atoms with Gasteiger partial charge in [0, 0.05) is 17.5 Å². The first-order chi connectivity index (χ1) is 27.5. The number of aliphatic imine (C=N–C) groups is 1. The number of rotatable bonds is 18. The number of nitrogens with one attached hydrogen (secondary N) is 6. The molecule has 326 valence electrons. The van der Waals surface area contributed by atoms with Crippen LogP contribution < -0.4 is 31.9 Å². The summed E-state index contributed by atoms with van der Waals surface area (Å²) in [5, 5.41) is 30.1. The zero-order valence-corrected chi connectivity index (χ0v) is 37.0. The van der Waals surface area contributed by atoms with Gasteiger partial charge in [-0.1, -0.05) is 99.6 Å². The predicted octanol–water partition coefficient (Wildman–Crippen LogP) is 3.31. The Bertz CT molecular complexity index is 1770. The van der Waals surface area contributed by atoms with Crippen LogP contribution in [0.1, 0.15) is 105 Å². The van der Waals surface area contributed by atoms with Gasteiger partial charge < -0.3 is 41.7 Å². The van der Waals surface area contributed by atoms with Gasteiger partial charge in [0.1, 0.15) is 35.5 Å². The van der Waals surface area contributed by atoms with Crippen LogP contribution in [0.2, 0.25) is 0 Å². The lowest BCUT2D eigenvalue weighted by Gasteiger charge is -2.39. The van der Waals surface area contributed by atoms with E-state index in [1.165, 1.54) is 18.4 Å². The highest BCUT2D eigenvalue weighted by atomic mass is 32.1. The number of benzene rings is 1. The quantitative estimate of drug-likeness (QED) is 0.0655. The molecule has 0 bridgehead atoms. The van der Waals surface area contributed by atoms with E-state index in [0.29, 0.717) is 11.6 Å². The van der Waals surface area contributed by atoms with Gasteiger partial charge in [-0.05, 0) is 41.2 Å². The number of hydrogen-bond donors (Lipinski definition) is 7. The minimum Gasteiger partial charge on any atom is -0.480 e. The van der Waals surface area contributed by atoms with E-state index in [2.05, 4.69) is 41.9 Å². The Balaban J connectivity index is 2.02. The summed E-state index contributed by atoms with van der Waals surface area (Å²) >= 11 is 1.26. The van der Waals surface area contributed by atoms with Crippen molar-refractivity contribution in [3.63, 3.8) is 0 Å². The van der Waals surface area contributed by atoms with Crippen LogP contribution in [0.25, 0.3) is 0 Å². The average molecular weight is 841 g/mol. The van der Waals surface area contributed by atoms with Gasteiger partial charge in [-0.25, -0.2) is 4.98 Å². The molecular formula is C42H64N8O8S. The second-order valence-electron chi connectivity index (χ2n) is 17.7. The smallest absolute Gasteiger partial charge is 0.325 e. The van der Waals surface area contributed by atoms with E-state index in [0.717, 1.165) is 12.0 Å². The second kappa shape index (κ2) is 21.4. The minimum atomic E-state index is -1.24. The van der Waals surface area contributed by atoms with E-state index in [4.69, 9.17) is 4.74 Å². The van der Waals surface area contributed by atoms with E-state index in [1.54, 1.807) is 39.3 Å². The Labute approximate surface area is 351 Å². The first-order valence-corrected chi connectivity index (χ1v) is 20.9. The summed E-state index contributed by atoms with van der Waals surface area (Å²) in [6, 6.07) is 3.70. The topological polar surface area (TPSA) is 229 Å². The number of amides is 4. The number of carboxylic acid groups (broad SMARTS) is 1. The first-order valence-electron chi connectivity index (χ1n) is 20.0. The molecule has 0 aliphatic carbocycles. The van der Waals surface area contributed by atoms with Gasteiger partial charge in [-0.15, -0.1) is 11.3 Å². The Hall–Kier alpha value is -4.90. The monoisotopic (exact) mass is 840 g/mol. The largest absolute Gasteiger partial charge is 0.480 e. The fraction of sp³-hybridized carbons (Fsp3) is 0.619. The van der Waals surface area contributed by atoms with Crippen LogP contribution in [-0.2, 0) is 33.5 Å². The molecule has 0 radical (unpaired) electrons. The Morgan fingerprint density at radius 3 is 2.02 bits per heavy atom. The first kappa shape index (κ1) is 48.5. The van der Waals surface area contributed by atoms with E-state index >= 15 is 0 Å². The number of carbonyl (C=O) groups excluding carboxylic acids is 5. The van der Waals surface area contributed by atoms with Crippen LogP contribution in [0.4, 0.5) is 0 Å². The third-order valence-corrected chi connectivity index (χ3v) is 11.3. The fourth-order valence-corrected chi connectivity index (χ4v) is 7.50. The highest BCUT2D eigenvalue weighted by Gasteiger charge is 2.41. The lowest BCUT2D eigenvalue weighted by atomic mass is 9.82. The lowest BCUT2D eigenvalue weighted by Crippen LogP contribution is -2.64. The number of hydrogen-bond acceptors (Lipinski definition) is 11. The normalized spacial score (nSPS) is 19.0. The average Bonchev–Trinajstić information content (AvgIpc) is 3.86. The van der Waals surface area contributed by atoms with E-state index in [1.807, 2.05) is 71.9 Å². The molecule has 0 saturated carbocycles. The van der Waals surface area contributed by atoms with Crippen molar-refractivity contribution in [1.82, 2.24) is 36.9 Å². The fourth-order valence-electron chi connectivity index (χ4n) is 6.81. The van der Waals surface area contributed by atoms with Crippen LogP contribution in [-0.4, -0.2) is 102 Å². The summed E-state index contributed by atoms with van der Waals surface area (Å²) in [5.74, 6) is -4.52. The summed E-state index contributed by atoms with van der Waals surface area (Å²) in [6.45, 7) is 18.4. The molecule has 1 aromatic carbocycles. The van der Waals surface area contributed by atoms with E-state index in [9.17, 15) is 33.9 Å². The number of nitrogens with zero attached hydrogens (tertiary/aromatic N) is 2. The van der Waals surface area contributed by atoms with Gasteiger partial charge in [0.15, 0.2) is 0 Å². The Morgan fingerprint density at radius 1 is 0.881 bits per heavy atom. The molecule has 17 heteroatoms. The van der Waals surface area contributed by atoms with Gasteiger partial charge in [-0.2, -0.15) is 0 Å². The molecule has 16 nitrogen and oxygen atoms in total. The summed E-state index contributed by atoms with van der Waals surface area (Å²) in [6.07, 6.45) is 2.20. The zero-order valence-electron chi connectivity index (χ0n) is 36.2. The molecule has 8 atom stereocenters. The third kappa shape index (κ3) is 14.1.